The van der Waals surface area contributed by atoms with Crippen molar-refractivity contribution >= 4 is 5.91 Å². The van der Waals surface area contributed by atoms with Gasteiger partial charge in [-0.1, -0.05) is 27.7 Å². The average Bonchev–Trinajstić information content (AvgIpc) is 2.17. The highest BCUT2D eigenvalue weighted by atomic mass is 16.3. The topological polar surface area (TPSA) is 73.1 Å². The first-order valence-corrected chi connectivity index (χ1v) is 5.74. The highest BCUT2D eigenvalue weighted by molar-refractivity contribution is 5.81. The van der Waals surface area contributed by atoms with E-state index in [2.05, 4.69) is 5.32 Å². The van der Waals surface area contributed by atoms with E-state index in [1.54, 1.807) is 0 Å². The molecular formula is C12H22N2O2. The van der Waals surface area contributed by atoms with Gasteiger partial charge in [0, 0.05) is 12.6 Å². The highest BCUT2D eigenvalue weighted by Crippen LogP contribution is 2.12. The molecule has 0 radical (unpaired) electrons. The van der Waals surface area contributed by atoms with E-state index in [9.17, 15) is 4.79 Å². The van der Waals surface area contributed by atoms with Gasteiger partial charge in [0.2, 0.25) is 5.91 Å². The molecule has 0 aromatic rings. The molecule has 0 aliphatic carbocycles. The molecule has 4 heteroatoms. The molecule has 0 saturated heterocycles. The zero-order chi connectivity index (χ0) is 12.7. The van der Waals surface area contributed by atoms with Crippen molar-refractivity contribution in [2.24, 2.45) is 17.8 Å². The van der Waals surface area contributed by atoms with Crippen LogP contribution < -0.4 is 5.32 Å². The van der Waals surface area contributed by atoms with Crippen LogP contribution in [0.4, 0.5) is 0 Å². The molecule has 1 amide bonds. The second kappa shape index (κ2) is 7.24. The molecule has 4 nitrogen and oxygen atoms in total. The minimum Gasteiger partial charge on any atom is -0.396 e. The predicted octanol–water partition coefficient (Wildman–Crippen LogP) is 1.31. The van der Waals surface area contributed by atoms with Crippen molar-refractivity contribution in [1.82, 2.24) is 5.32 Å². The zero-order valence-electron chi connectivity index (χ0n) is 10.5. The highest BCUT2D eigenvalue weighted by Gasteiger charge is 2.24. The van der Waals surface area contributed by atoms with Crippen LogP contribution in [-0.2, 0) is 4.79 Å². The van der Waals surface area contributed by atoms with Crippen LogP contribution in [0.2, 0.25) is 0 Å². The third-order valence-corrected chi connectivity index (χ3v) is 2.66. The maximum atomic E-state index is 11.8. The Morgan fingerprint density at radius 1 is 1.31 bits per heavy atom. The predicted molar refractivity (Wildman–Crippen MR) is 62.4 cm³/mol. The second-order valence-corrected chi connectivity index (χ2v) is 4.72. The summed E-state index contributed by atoms with van der Waals surface area (Å²) in [6.07, 6.45) is 0.527. The maximum Gasteiger partial charge on any atom is 0.237 e. The number of hydrogen-bond donors (Lipinski definition) is 2. The third-order valence-electron chi connectivity index (χ3n) is 2.66. The van der Waals surface area contributed by atoms with Crippen LogP contribution >= 0.6 is 0 Å². The molecule has 0 aliphatic heterocycles. The number of nitrogens with zero attached hydrogens (tertiary/aromatic N) is 1. The number of carbonyl (C=O) groups is 1. The standard InChI is InChI=1S/C12H22N2O2/c1-8(2)10(7-13)12(16)14-11(5-6-15)9(3)4/h8-11,15H,5-6H2,1-4H3,(H,14,16). The molecule has 0 fully saturated rings. The fraction of sp³-hybridized carbons (Fsp3) is 0.833. The van der Waals surface area contributed by atoms with E-state index in [0.29, 0.717) is 6.42 Å². The number of carbonyl (C=O) groups excluding carboxylic acids is 1. The Morgan fingerprint density at radius 3 is 2.19 bits per heavy atom. The Kier molecular flexibility index (Phi) is 6.75. The summed E-state index contributed by atoms with van der Waals surface area (Å²) in [7, 11) is 0. The summed E-state index contributed by atoms with van der Waals surface area (Å²) in [5.41, 5.74) is 0. The SMILES string of the molecule is CC(C)C(CCO)NC(=O)C(C#N)C(C)C. The largest absolute Gasteiger partial charge is 0.396 e. The van der Waals surface area contributed by atoms with E-state index in [4.69, 9.17) is 10.4 Å². The van der Waals surface area contributed by atoms with Crippen molar-refractivity contribution in [3.8, 4) is 6.07 Å². The molecule has 2 unspecified atom stereocenters. The van der Waals surface area contributed by atoms with E-state index in [1.807, 2.05) is 33.8 Å². The molecule has 0 aliphatic rings. The Hall–Kier alpha value is -1.08. The van der Waals surface area contributed by atoms with Gasteiger partial charge in [0.05, 0.1) is 6.07 Å². The van der Waals surface area contributed by atoms with Gasteiger partial charge < -0.3 is 10.4 Å². The van der Waals surface area contributed by atoms with E-state index in [-0.39, 0.29) is 30.4 Å². The van der Waals surface area contributed by atoms with E-state index in [1.165, 1.54) is 0 Å². The summed E-state index contributed by atoms with van der Waals surface area (Å²) in [6.45, 7) is 7.71. The van der Waals surface area contributed by atoms with Crippen LogP contribution in [0.3, 0.4) is 0 Å². The monoisotopic (exact) mass is 226 g/mol. The van der Waals surface area contributed by atoms with Gasteiger partial charge in [0.25, 0.3) is 0 Å². The summed E-state index contributed by atoms with van der Waals surface area (Å²) >= 11 is 0. The summed E-state index contributed by atoms with van der Waals surface area (Å²) in [4.78, 5) is 11.8. The minimum absolute atomic E-state index is 0.00642. The molecule has 0 rings (SSSR count). The van der Waals surface area contributed by atoms with Gasteiger partial charge in [-0.25, -0.2) is 0 Å². The summed E-state index contributed by atoms with van der Waals surface area (Å²) < 4.78 is 0. The average molecular weight is 226 g/mol. The third kappa shape index (κ3) is 4.63. The van der Waals surface area contributed by atoms with Crippen LogP contribution in [0.15, 0.2) is 0 Å². The molecular weight excluding hydrogens is 204 g/mol. The maximum absolute atomic E-state index is 11.8. The minimum atomic E-state index is -0.611. The van der Waals surface area contributed by atoms with E-state index >= 15 is 0 Å². The zero-order valence-corrected chi connectivity index (χ0v) is 10.5. The first-order chi connectivity index (χ1) is 7.43. The van der Waals surface area contributed by atoms with E-state index in [0.717, 1.165) is 0 Å². The van der Waals surface area contributed by atoms with Gasteiger partial charge in [0.15, 0.2) is 0 Å². The lowest BCUT2D eigenvalue weighted by molar-refractivity contribution is -0.125. The number of amides is 1. The summed E-state index contributed by atoms with van der Waals surface area (Å²) in [5, 5.41) is 20.6. The molecule has 0 saturated carbocycles. The van der Waals surface area contributed by atoms with Crippen molar-refractivity contribution in [1.29, 1.82) is 5.26 Å². The van der Waals surface area contributed by atoms with Crippen molar-refractivity contribution in [3.05, 3.63) is 0 Å². The van der Waals surface area contributed by atoms with Crippen molar-refractivity contribution < 1.29 is 9.90 Å². The smallest absolute Gasteiger partial charge is 0.237 e. The number of hydrogen-bond acceptors (Lipinski definition) is 3. The Morgan fingerprint density at radius 2 is 1.88 bits per heavy atom. The normalized spacial score (nSPS) is 14.6. The lowest BCUT2D eigenvalue weighted by Gasteiger charge is -2.23. The Bertz CT molecular complexity index is 256. The van der Waals surface area contributed by atoms with Crippen LogP contribution in [0.5, 0.6) is 0 Å². The van der Waals surface area contributed by atoms with Crippen molar-refractivity contribution in [2.45, 2.75) is 40.2 Å². The lowest BCUT2D eigenvalue weighted by Crippen LogP contribution is -2.43. The fourth-order valence-electron chi connectivity index (χ4n) is 1.49. The molecule has 2 atom stereocenters. The van der Waals surface area contributed by atoms with Gasteiger partial charge in [-0.2, -0.15) is 5.26 Å². The van der Waals surface area contributed by atoms with Crippen molar-refractivity contribution in [2.75, 3.05) is 6.61 Å². The molecule has 0 spiro atoms. The van der Waals surface area contributed by atoms with Crippen LogP contribution in [0, 0.1) is 29.1 Å². The van der Waals surface area contributed by atoms with Gasteiger partial charge in [0.1, 0.15) is 5.92 Å². The Labute approximate surface area is 97.7 Å². The van der Waals surface area contributed by atoms with Gasteiger partial charge >= 0.3 is 0 Å². The van der Waals surface area contributed by atoms with E-state index < -0.39 is 5.92 Å². The number of aliphatic hydroxyl groups is 1. The number of aliphatic hydroxyl groups excluding tert-OH is 1. The number of nitriles is 1. The summed E-state index contributed by atoms with van der Waals surface area (Å²) in [5.74, 6) is -0.584. The number of rotatable bonds is 6. The quantitative estimate of drug-likeness (QED) is 0.717. The molecule has 92 valence electrons. The molecule has 0 bridgehead atoms. The van der Waals surface area contributed by atoms with Gasteiger partial charge in [-0.15, -0.1) is 0 Å². The van der Waals surface area contributed by atoms with Crippen LogP contribution in [-0.4, -0.2) is 23.7 Å². The first kappa shape index (κ1) is 14.9. The lowest BCUT2D eigenvalue weighted by atomic mass is 9.94. The molecule has 0 aromatic heterocycles. The van der Waals surface area contributed by atoms with Gasteiger partial charge in [-0.3, -0.25) is 4.79 Å². The van der Waals surface area contributed by atoms with Crippen molar-refractivity contribution in [3.63, 3.8) is 0 Å². The second-order valence-electron chi connectivity index (χ2n) is 4.72. The Balaban J connectivity index is 4.45. The van der Waals surface area contributed by atoms with Gasteiger partial charge in [-0.05, 0) is 18.3 Å². The molecule has 2 N–H and O–H groups in total. The summed E-state index contributed by atoms with van der Waals surface area (Å²) in [6, 6.07) is 1.95. The molecule has 16 heavy (non-hydrogen) atoms. The van der Waals surface area contributed by atoms with Crippen LogP contribution in [0.1, 0.15) is 34.1 Å². The first-order valence-electron chi connectivity index (χ1n) is 5.74. The molecule has 0 heterocycles. The number of nitrogens with one attached hydrogen (secondary N) is 1. The van der Waals surface area contributed by atoms with Crippen LogP contribution in [0.25, 0.3) is 0 Å². The molecule has 0 aromatic carbocycles. The fourth-order valence-corrected chi connectivity index (χ4v) is 1.49.